The van der Waals surface area contributed by atoms with E-state index in [0.717, 1.165) is 222 Å². The van der Waals surface area contributed by atoms with Crippen molar-refractivity contribution in [2.45, 2.75) is 536 Å². The Morgan fingerprint density at radius 2 is 0.519 bits per heavy atom. The molecular formula is C121H214O11Pd. The van der Waals surface area contributed by atoms with E-state index in [1.54, 1.807) is 5.57 Å². The molecule has 0 aromatic carbocycles. The number of aliphatic hydroxyl groups is 9. The number of rotatable bonds is 20. The molecule has 0 unspecified atom stereocenters. The SMILES string of the molecule is CC[C@]1(O)CC[C@@]2(C)C(=CC[C@H]3[C@@H]4CC[C@H]([C@H](C)[C@H](O)CC5CCCC5)[C@@]4(C)CC[C@@H]32)C1.CC[C@]1(O)CC[C@@]2(C)[C@@H](CC[C@@H]3[C@@H]2CC[C@]2(C)[C@@H]([C@H](C)[C@H](O)CC4CCCC4)CC[C@@H]32)C1.CC[C@]1(O)CC[C@@]2(C)[C@@H](CC[C@@H]3[C@@H]2CC[C@]2(C)[C@@H]([C@H](C)[C@H](O)CC4CCCC4)CC[C@@H]32)C1.CC[C@]1(O)CC[C@@]2(C)[C@H](CC[C@@H]3[C@@H]2CC[C@]2(C)[C@@H]([C@H](C)[C@H](O)CC4CCCC4)CC[C@@H]32)C1.CO.O.O.[Pd]. The molecule has 13 N–H and O–H groups in total. The summed E-state index contributed by atoms with van der Waals surface area (Å²) in [6, 6.07) is 0. The summed E-state index contributed by atoms with van der Waals surface area (Å²) in [5.74, 6) is 20.4. The summed E-state index contributed by atoms with van der Waals surface area (Å²) in [6.07, 6.45) is 76.5. The van der Waals surface area contributed by atoms with E-state index < -0.39 is 5.60 Å². The first-order chi connectivity index (χ1) is 61.8. The van der Waals surface area contributed by atoms with Gasteiger partial charge in [0.1, 0.15) is 0 Å². The van der Waals surface area contributed by atoms with Crippen molar-refractivity contribution < 1.29 is 77.3 Å². The second-order valence-corrected chi connectivity index (χ2v) is 55.5. The first-order valence-corrected chi connectivity index (χ1v) is 58.6. The summed E-state index contributed by atoms with van der Waals surface area (Å²) in [5.41, 5.74) is 3.41. The minimum atomic E-state index is -0.454. The Balaban J connectivity index is 0.000000148. The zero-order valence-corrected chi connectivity index (χ0v) is 90.6. The van der Waals surface area contributed by atoms with E-state index in [4.69, 9.17) is 5.11 Å². The van der Waals surface area contributed by atoms with Crippen molar-refractivity contribution >= 4 is 0 Å². The molecule has 19 fully saturated rings. The van der Waals surface area contributed by atoms with Crippen molar-refractivity contribution in [1.82, 2.24) is 0 Å². The van der Waals surface area contributed by atoms with Crippen LogP contribution in [0.4, 0.5) is 0 Å². The van der Waals surface area contributed by atoms with E-state index in [1.807, 2.05) is 0 Å². The molecule has 20 aliphatic carbocycles. The van der Waals surface area contributed by atoms with Crippen molar-refractivity contribution in [3.8, 4) is 0 Å². The van der Waals surface area contributed by atoms with Crippen LogP contribution in [-0.4, -0.2) is 111 Å². The first-order valence-electron chi connectivity index (χ1n) is 58.6. The molecule has 11 nitrogen and oxygen atoms in total. The van der Waals surface area contributed by atoms with Crippen LogP contribution in [-0.2, 0) is 20.4 Å². The number of aliphatic hydroxyl groups excluding tert-OH is 5. The van der Waals surface area contributed by atoms with Gasteiger partial charge in [-0.25, -0.2) is 0 Å². The average molecular weight is 1950 g/mol. The maximum absolute atomic E-state index is 11.2. The van der Waals surface area contributed by atoms with Crippen LogP contribution < -0.4 is 0 Å². The molecule has 0 aromatic heterocycles. The molecule has 0 amide bonds. The largest absolute Gasteiger partial charge is 0.412 e. The molecule has 20 aliphatic rings. The van der Waals surface area contributed by atoms with Gasteiger partial charge >= 0.3 is 0 Å². The Labute approximate surface area is 830 Å². The van der Waals surface area contributed by atoms with Crippen molar-refractivity contribution in [2.75, 3.05) is 7.11 Å². The third kappa shape index (κ3) is 20.7. The average Bonchev–Trinajstić information content (AvgIpc) is 1.62. The van der Waals surface area contributed by atoms with Crippen LogP contribution in [0.5, 0.6) is 0 Å². The minimum absolute atomic E-state index is 0. The molecule has 0 saturated heterocycles. The first kappa shape index (κ1) is 110. The molecule has 0 aromatic rings. The van der Waals surface area contributed by atoms with Crippen LogP contribution in [0.1, 0.15) is 490 Å². The summed E-state index contributed by atoms with van der Waals surface area (Å²) in [5, 5.41) is 96.0. The van der Waals surface area contributed by atoms with Crippen LogP contribution >= 0.6 is 0 Å². The molecule has 19 saturated carbocycles. The minimum Gasteiger partial charge on any atom is -0.412 e. The Kier molecular flexibility index (Phi) is 36.1. The van der Waals surface area contributed by atoms with E-state index in [2.05, 4.69) is 117 Å². The van der Waals surface area contributed by atoms with Gasteiger partial charge in [-0.05, 0) is 479 Å². The molecule has 12 heteroatoms. The van der Waals surface area contributed by atoms with Gasteiger partial charge < -0.3 is 56.9 Å². The number of hydrogen-bond acceptors (Lipinski definition) is 9. The van der Waals surface area contributed by atoms with Crippen molar-refractivity contribution in [3.05, 3.63) is 11.6 Å². The van der Waals surface area contributed by atoms with Gasteiger partial charge in [-0.15, -0.1) is 0 Å². The van der Waals surface area contributed by atoms with Crippen LogP contribution in [0.15, 0.2) is 11.6 Å². The predicted molar refractivity (Wildman–Crippen MR) is 544 cm³/mol. The van der Waals surface area contributed by atoms with Crippen molar-refractivity contribution in [1.29, 1.82) is 0 Å². The van der Waals surface area contributed by atoms with Gasteiger partial charge in [0, 0.05) is 27.5 Å². The second-order valence-electron chi connectivity index (χ2n) is 55.5. The smallest absolute Gasteiger partial charge is 0.0682 e. The number of hydrogen-bond donors (Lipinski definition) is 9. The monoisotopic (exact) mass is 1950 g/mol. The van der Waals surface area contributed by atoms with E-state index in [-0.39, 0.29) is 72.6 Å². The van der Waals surface area contributed by atoms with Gasteiger partial charge in [-0.3, -0.25) is 0 Å². The van der Waals surface area contributed by atoms with Crippen LogP contribution in [0.25, 0.3) is 0 Å². The fraction of sp³-hybridized carbons (Fsp3) is 0.983. The van der Waals surface area contributed by atoms with Crippen molar-refractivity contribution in [3.63, 3.8) is 0 Å². The normalized spacial score (nSPS) is 48.5. The Morgan fingerprint density at radius 1 is 0.278 bits per heavy atom. The Hall–Kier alpha value is -0.0377. The van der Waals surface area contributed by atoms with Gasteiger partial charge in [-0.2, -0.15) is 0 Å². The molecule has 133 heavy (non-hydrogen) atoms. The van der Waals surface area contributed by atoms with Gasteiger partial charge in [0.05, 0.1) is 46.8 Å². The molecular weight excluding hydrogens is 1740 g/mol. The summed E-state index contributed by atoms with van der Waals surface area (Å²) < 4.78 is 0. The standard InChI is InChI=1S/3C30H52O2.C30H50O2.CH4O.2H2O.Pd/c4*1-5-30(32)17-16-28(3)22(19-30)10-11-23-25-13-12-24(29(25,4)15-14-26(23)28)20(2)27(31)18-21-8-6-7-9-21;1-2;;;/h3*20-27,31-32H,5-19H2,1-4H3;10,20-21,23-27,31-32H,5-9,11-19H2,1-4H3;2H,1H3;2*1H2;/t20-,22+,23-,24+,25-,26-,27+,28-,29+,30-;2*20-,22-,23-,24+,25-,26-,27+,28-,29+,30-;20-,23-,24+,25-,26-,27+,28-,29+,30-;;;;/m0000..../s1. The zero-order chi connectivity index (χ0) is 92.9. The second kappa shape index (κ2) is 43.6. The van der Waals surface area contributed by atoms with Crippen molar-refractivity contribution in [2.24, 2.45) is 203 Å². The zero-order valence-electron chi connectivity index (χ0n) is 89.0. The molecule has 20 rings (SSSR count). The maximum Gasteiger partial charge on any atom is 0.0682 e. The Bertz CT molecular complexity index is 3410. The summed E-state index contributed by atoms with van der Waals surface area (Å²) in [7, 11) is 1.00. The van der Waals surface area contributed by atoms with E-state index >= 15 is 0 Å². The molecule has 39 atom stereocenters. The molecule has 0 heterocycles. The summed E-state index contributed by atoms with van der Waals surface area (Å²) in [4.78, 5) is 0. The summed E-state index contributed by atoms with van der Waals surface area (Å²) in [6.45, 7) is 39.2. The number of fused-ring (bicyclic) bond motifs is 20. The van der Waals surface area contributed by atoms with E-state index in [1.165, 1.54) is 276 Å². The van der Waals surface area contributed by atoms with Gasteiger partial charge in [0.2, 0.25) is 0 Å². The maximum atomic E-state index is 11.2. The van der Waals surface area contributed by atoms with Crippen LogP contribution in [0.2, 0.25) is 0 Å². The Morgan fingerprint density at radius 3 is 0.782 bits per heavy atom. The summed E-state index contributed by atoms with van der Waals surface area (Å²) >= 11 is 0. The third-order valence-electron chi connectivity index (χ3n) is 50.8. The van der Waals surface area contributed by atoms with E-state index in [0.29, 0.717) is 90.7 Å². The predicted octanol–water partition coefficient (Wildman–Crippen LogP) is 27.3. The molecule has 0 bridgehead atoms. The molecule has 0 radical (unpaired) electrons. The quantitative estimate of drug-likeness (QED) is 0.0415. The van der Waals surface area contributed by atoms with Gasteiger partial charge in [0.25, 0.3) is 0 Å². The molecule has 774 valence electrons. The fourth-order valence-electron chi connectivity index (χ4n) is 41.8. The fourth-order valence-corrected chi connectivity index (χ4v) is 41.8. The van der Waals surface area contributed by atoms with Crippen LogP contribution in [0, 0.1) is 203 Å². The number of allylic oxidation sites excluding steroid dienone is 1. The van der Waals surface area contributed by atoms with E-state index in [9.17, 15) is 40.9 Å². The van der Waals surface area contributed by atoms with Crippen LogP contribution in [0.3, 0.4) is 0 Å². The third-order valence-corrected chi connectivity index (χ3v) is 50.8. The molecule has 0 spiro atoms. The van der Waals surface area contributed by atoms with Gasteiger partial charge in [-0.1, -0.05) is 225 Å². The molecule has 0 aliphatic heterocycles. The van der Waals surface area contributed by atoms with Gasteiger partial charge in [0.15, 0.2) is 0 Å². The topological polar surface area (TPSA) is 245 Å².